The number of rotatable bonds is 4. The average Bonchev–Trinajstić information content (AvgIpc) is 3.28. The molecular formula is C15H18N2O3. The molecular weight excluding hydrogens is 256 g/mol. The second-order valence-corrected chi connectivity index (χ2v) is 5.33. The molecule has 2 amide bonds. The first-order valence-electron chi connectivity index (χ1n) is 6.98. The molecule has 0 bridgehead atoms. The lowest BCUT2D eigenvalue weighted by Gasteiger charge is -2.31. The van der Waals surface area contributed by atoms with E-state index < -0.39 is 6.10 Å². The average molecular weight is 274 g/mol. The van der Waals surface area contributed by atoms with E-state index in [4.69, 9.17) is 4.74 Å². The van der Waals surface area contributed by atoms with Crippen molar-refractivity contribution in [1.29, 1.82) is 0 Å². The summed E-state index contributed by atoms with van der Waals surface area (Å²) in [5, 5.41) is 2.86. The summed E-state index contributed by atoms with van der Waals surface area (Å²) < 4.78 is 5.73. The van der Waals surface area contributed by atoms with E-state index in [-0.39, 0.29) is 17.7 Å². The van der Waals surface area contributed by atoms with Gasteiger partial charge in [-0.3, -0.25) is 9.59 Å². The van der Waals surface area contributed by atoms with Crippen molar-refractivity contribution in [3.63, 3.8) is 0 Å². The topological polar surface area (TPSA) is 58.6 Å². The van der Waals surface area contributed by atoms with Crippen molar-refractivity contribution in [3.05, 3.63) is 24.3 Å². The molecule has 0 radical (unpaired) electrons. The lowest BCUT2D eigenvalue weighted by atomic mass is 10.1. The summed E-state index contributed by atoms with van der Waals surface area (Å²) >= 11 is 0. The maximum Gasteiger partial charge on any atom is 0.267 e. The third-order valence-corrected chi connectivity index (χ3v) is 3.76. The highest BCUT2D eigenvalue weighted by Gasteiger charge is 2.33. The maximum atomic E-state index is 12.2. The molecule has 1 aliphatic carbocycles. The van der Waals surface area contributed by atoms with E-state index in [1.165, 1.54) is 0 Å². The predicted molar refractivity (Wildman–Crippen MR) is 74.6 cm³/mol. The Hall–Kier alpha value is -2.04. The lowest BCUT2D eigenvalue weighted by Crippen LogP contribution is -2.45. The Morgan fingerprint density at radius 3 is 2.90 bits per heavy atom. The molecule has 2 aliphatic rings. The maximum absolute atomic E-state index is 12.2. The van der Waals surface area contributed by atoms with E-state index in [1.807, 2.05) is 24.3 Å². The monoisotopic (exact) mass is 274 g/mol. The molecule has 1 saturated carbocycles. The number of amides is 2. The van der Waals surface area contributed by atoms with Gasteiger partial charge < -0.3 is 15.0 Å². The minimum absolute atomic E-state index is 0.0654. The van der Waals surface area contributed by atoms with Crippen molar-refractivity contribution >= 4 is 17.5 Å². The number of nitrogens with zero attached hydrogens (tertiary/aromatic N) is 1. The van der Waals surface area contributed by atoms with Crippen LogP contribution in [0.25, 0.3) is 0 Å². The first-order chi connectivity index (χ1) is 9.66. The fourth-order valence-electron chi connectivity index (χ4n) is 2.37. The number of ether oxygens (including phenoxy) is 1. The normalized spacial score (nSPS) is 21.1. The molecule has 0 saturated heterocycles. The summed E-state index contributed by atoms with van der Waals surface area (Å²) in [6.45, 7) is 0.474. The molecule has 1 aromatic carbocycles. The van der Waals surface area contributed by atoms with Gasteiger partial charge in [-0.15, -0.1) is 0 Å². The quantitative estimate of drug-likeness (QED) is 0.901. The van der Waals surface area contributed by atoms with Gasteiger partial charge in [-0.2, -0.15) is 0 Å². The number of hydrogen-bond donors (Lipinski definition) is 1. The molecule has 0 aromatic heterocycles. The first kappa shape index (κ1) is 13.0. The van der Waals surface area contributed by atoms with E-state index >= 15 is 0 Å². The Kier molecular flexibility index (Phi) is 3.34. The van der Waals surface area contributed by atoms with E-state index in [9.17, 15) is 9.59 Å². The van der Waals surface area contributed by atoms with Crippen LogP contribution in [0.4, 0.5) is 5.69 Å². The fourth-order valence-corrected chi connectivity index (χ4v) is 2.37. The Balaban J connectivity index is 1.60. The number of carbonyl (C=O) groups is 2. The number of anilines is 1. The van der Waals surface area contributed by atoms with Crippen molar-refractivity contribution in [1.82, 2.24) is 5.32 Å². The van der Waals surface area contributed by atoms with Crippen LogP contribution < -0.4 is 15.0 Å². The van der Waals surface area contributed by atoms with Gasteiger partial charge in [0.25, 0.3) is 5.91 Å². The van der Waals surface area contributed by atoms with Crippen LogP contribution in [-0.4, -0.2) is 31.5 Å². The van der Waals surface area contributed by atoms with Crippen LogP contribution in [-0.2, 0) is 9.59 Å². The molecule has 1 atom stereocenters. The van der Waals surface area contributed by atoms with Crippen LogP contribution in [0.1, 0.15) is 19.3 Å². The highest BCUT2D eigenvalue weighted by atomic mass is 16.5. The van der Waals surface area contributed by atoms with E-state index in [2.05, 4.69) is 5.32 Å². The number of hydrogen-bond acceptors (Lipinski definition) is 3. The van der Waals surface area contributed by atoms with Gasteiger partial charge >= 0.3 is 0 Å². The van der Waals surface area contributed by atoms with Crippen molar-refractivity contribution in [3.8, 4) is 5.75 Å². The van der Waals surface area contributed by atoms with E-state index in [0.717, 1.165) is 18.5 Å². The number of benzene rings is 1. The van der Waals surface area contributed by atoms with Crippen LogP contribution in [0, 0.1) is 5.92 Å². The lowest BCUT2D eigenvalue weighted by molar-refractivity contribution is -0.127. The van der Waals surface area contributed by atoms with Gasteiger partial charge in [-0.05, 0) is 25.0 Å². The van der Waals surface area contributed by atoms with E-state index in [1.54, 1.807) is 11.9 Å². The number of likely N-dealkylation sites (N-methyl/N-ethyl adjacent to an activating group) is 1. The summed E-state index contributed by atoms with van der Waals surface area (Å²) in [7, 11) is 1.75. The molecule has 1 N–H and O–H groups in total. The molecule has 1 heterocycles. The second-order valence-electron chi connectivity index (χ2n) is 5.33. The molecule has 0 spiro atoms. The SMILES string of the molecule is CN1C(=O)C(CCNC(=O)C2CC2)Oc2ccccc21. The van der Waals surface area contributed by atoms with Gasteiger partial charge in [-0.25, -0.2) is 0 Å². The third-order valence-electron chi connectivity index (χ3n) is 3.76. The van der Waals surface area contributed by atoms with Crippen molar-refractivity contribution < 1.29 is 14.3 Å². The Morgan fingerprint density at radius 2 is 2.15 bits per heavy atom. The zero-order valence-electron chi connectivity index (χ0n) is 11.5. The van der Waals surface area contributed by atoms with Crippen LogP contribution >= 0.6 is 0 Å². The largest absolute Gasteiger partial charge is 0.478 e. The van der Waals surface area contributed by atoms with Gasteiger partial charge in [0.05, 0.1) is 5.69 Å². The molecule has 1 unspecified atom stereocenters. The standard InChI is InChI=1S/C15H18N2O3/c1-17-11-4-2-3-5-12(11)20-13(15(17)19)8-9-16-14(18)10-6-7-10/h2-5,10,13H,6-9H2,1H3,(H,16,18). The van der Waals surface area contributed by atoms with Gasteiger partial charge in [0.15, 0.2) is 6.10 Å². The molecule has 5 nitrogen and oxygen atoms in total. The number of carbonyl (C=O) groups excluding carboxylic acids is 2. The minimum Gasteiger partial charge on any atom is -0.478 e. The van der Waals surface area contributed by atoms with Gasteiger partial charge in [0.2, 0.25) is 5.91 Å². The Labute approximate surface area is 117 Å². The molecule has 106 valence electrons. The zero-order chi connectivity index (χ0) is 14.1. The summed E-state index contributed by atoms with van der Waals surface area (Å²) in [5.74, 6) is 0.945. The van der Waals surface area contributed by atoms with Gasteiger partial charge in [-0.1, -0.05) is 12.1 Å². The van der Waals surface area contributed by atoms with Gasteiger partial charge in [0, 0.05) is 25.9 Å². The van der Waals surface area contributed by atoms with Gasteiger partial charge in [0.1, 0.15) is 5.75 Å². The first-order valence-corrected chi connectivity index (χ1v) is 6.98. The Bertz CT molecular complexity index is 540. The molecule has 20 heavy (non-hydrogen) atoms. The van der Waals surface area contributed by atoms with Crippen molar-refractivity contribution in [2.24, 2.45) is 5.92 Å². The molecule has 1 aliphatic heterocycles. The van der Waals surface area contributed by atoms with Crippen LogP contribution in [0.15, 0.2) is 24.3 Å². The molecule has 1 aromatic rings. The number of nitrogens with one attached hydrogen (secondary N) is 1. The molecule has 5 heteroatoms. The minimum atomic E-state index is -0.519. The predicted octanol–water partition coefficient (Wildman–Crippen LogP) is 1.33. The second kappa shape index (κ2) is 5.15. The highest BCUT2D eigenvalue weighted by molar-refractivity contribution is 5.99. The van der Waals surface area contributed by atoms with E-state index in [0.29, 0.717) is 18.7 Å². The fraction of sp³-hybridized carbons (Fsp3) is 0.467. The third kappa shape index (κ3) is 2.48. The summed E-state index contributed by atoms with van der Waals surface area (Å²) in [6.07, 6.45) is 1.95. The van der Waals surface area contributed by atoms with Crippen LogP contribution in [0.2, 0.25) is 0 Å². The van der Waals surface area contributed by atoms with Crippen molar-refractivity contribution in [2.45, 2.75) is 25.4 Å². The molecule has 3 rings (SSSR count). The van der Waals surface area contributed by atoms with Crippen LogP contribution in [0.5, 0.6) is 5.75 Å². The van der Waals surface area contributed by atoms with Crippen LogP contribution in [0.3, 0.4) is 0 Å². The molecule has 1 fully saturated rings. The highest BCUT2D eigenvalue weighted by Crippen LogP contribution is 2.33. The summed E-state index contributed by atoms with van der Waals surface area (Å²) in [4.78, 5) is 25.4. The number of fused-ring (bicyclic) bond motifs is 1. The zero-order valence-corrected chi connectivity index (χ0v) is 11.5. The smallest absolute Gasteiger partial charge is 0.267 e. The summed E-state index contributed by atoms with van der Waals surface area (Å²) in [5.41, 5.74) is 0.788. The Morgan fingerprint density at radius 1 is 1.40 bits per heavy atom. The van der Waals surface area contributed by atoms with Crippen molar-refractivity contribution in [2.75, 3.05) is 18.5 Å². The summed E-state index contributed by atoms with van der Waals surface area (Å²) in [6, 6.07) is 7.48. The number of para-hydroxylation sites is 2.